The highest BCUT2D eigenvalue weighted by Gasteiger charge is 2.54. The third-order valence-corrected chi connectivity index (χ3v) is 10.5. The Morgan fingerprint density at radius 2 is 1.95 bits per heavy atom. The van der Waals surface area contributed by atoms with Gasteiger partial charge in [0.15, 0.2) is 0 Å². The third kappa shape index (κ3) is 5.23. The highest BCUT2D eigenvalue weighted by Crippen LogP contribution is 2.56. The minimum absolute atomic E-state index is 0.0210. The lowest BCUT2D eigenvalue weighted by atomic mass is 9.59. The number of carboxylic acids is 1. The maximum Gasteiger partial charge on any atom is 0.329 e. The highest BCUT2D eigenvalue weighted by atomic mass is 35.5. The fraction of sp³-hybridized carbons (Fsp3) is 0.486. The topological polar surface area (TPSA) is 74.7 Å². The summed E-state index contributed by atoms with van der Waals surface area (Å²) in [6, 6.07) is 18.2. The van der Waals surface area contributed by atoms with Crippen molar-refractivity contribution in [1.29, 1.82) is 0 Å². The Balaban J connectivity index is 1.19. The van der Waals surface area contributed by atoms with E-state index in [0.29, 0.717) is 42.2 Å². The van der Waals surface area contributed by atoms with Gasteiger partial charge < -0.3 is 20.1 Å². The van der Waals surface area contributed by atoms with Crippen LogP contribution in [-0.2, 0) is 16.6 Å². The number of anilines is 2. The van der Waals surface area contributed by atoms with Gasteiger partial charge in [-0.1, -0.05) is 55.8 Å². The van der Waals surface area contributed by atoms with E-state index < -0.39 is 11.5 Å². The number of fused-ring (bicyclic) bond motifs is 3. The molecule has 1 spiro atoms. The second-order valence-corrected chi connectivity index (χ2v) is 13.5. The fourth-order valence-corrected chi connectivity index (χ4v) is 8.16. The van der Waals surface area contributed by atoms with Crippen LogP contribution in [0.2, 0.25) is 5.02 Å². The van der Waals surface area contributed by atoms with Crippen molar-refractivity contribution in [2.45, 2.75) is 75.7 Å². The van der Waals surface area contributed by atoms with Crippen molar-refractivity contribution < 1.29 is 14.6 Å². The summed E-state index contributed by atoms with van der Waals surface area (Å²) in [6.45, 7) is 6.24. The van der Waals surface area contributed by atoms with Crippen molar-refractivity contribution in [1.82, 2.24) is 4.98 Å². The van der Waals surface area contributed by atoms with E-state index in [9.17, 15) is 9.90 Å². The summed E-state index contributed by atoms with van der Waals surface area (Å²) in [5.74, 6) is 2.45. The summed E-state index contributed by atoms with van der Waals surface area (Å²) in [7, 11) is 2.11. The maximum atomic E-state index is 12.7. The van der Waals surface area contributed by atoms with E-state index >= 15 is 0 Å². The Morgan fingerprint density at radius 1 is 1.17 bits per heavy atom. The molecule has 2 aromatic carbocycles. The summed E-state index contributed by atoms with van der Waals surface area (Å²) in [5, 5.41) is 14.4. The van der Waals surface area contributed by atoms with Crippen molar-refractivity contribution >= 4 is 29.1 Å². The van der Waals surface area contributed by atoms with E-state index in [1.54, 1.807) is 0 Å². The van der Waals surface area contributed by atoms with Crippen LogP contribution in [-0.4, -0.2) is 41.8 Å². The van der Waals surface area contributed by atoms with Gasteiger partial charge in [0.2, 0.25) is 0 Å². The first-order valence-corrected chi connectivity index (χ1v) is 15.8. The molecule has 6 rings (SSSR count). The normalized spacial score (nSPS) is 27.3. The average Bonchev–Trinajstić information content (AvgIpc) is 3.27. The second kappa shape index (κ2) is 11.4. The number of benzene rings is 2. The van der Waals surface area contributed by atoms with Crippen molar-refractivity contribution in [3.63, 3.8) is 0 Å². The molecule has 3 aromatic rings. The van der Waals surface area contributed by atoms with Gasteiger partial charge >= 0.3 is 5.97 Å². The Morgan fingerprint density at radius 3 is 2.71 bits per heavy atom. The molecule has 3 aliphatic rings. The molecule has 6 nitrogen and oxygen atoms in total. The number of aromatic nitrogens is 1. The van der Waals surface area contributed by atoms with Crippen LogP contribution < -0.4 is 15.0 Å². The summed E-state index contributed by atoms with van der Waals surface area (Å²) in [4.78, 5) is 19.6. The third-order valence-electron chi connectivity index (χ3n) is 10.3. The van der Waals surface area contributed by atoms with Crippen LogP contribution in [0.4, 0.5) is 11.5 Å². The number of nitrogens with one attached hydrogen (secondary N) is 1. The van der Waals surface area contributed by atoms with Crippen LogP contribution in [0.15, 0.2) is 60.8 Å². The Labute approximate surface area is 254 Å². The molecule has 2 aliphatic carbocycles. The molecule has 2 N–H and O–H groups in total. The van der Waals surface area contributed by atoms with Gasteiger partial charge in [-0.15, -0.1) is 0 Å². The first-order chi connectivity index (χ1) is 20.2. The zero-order chi connectivity index (χ0) is 29.5. The molecule has 1 fully saturated rings. The smallest absolute Gasteiger partial charge is 0.329 e. The van der Waals surface area contributed by atoms with Crippen molar-refractivity contribution in [3.05, 3.63) is 82.5 Å². The largest absolute Gasteiger partial charge is 0.493 e. The van der Waals surface area contributed by atoms with Gasteiger partial charge in [0.25, 0.3) is 0 Å². The van der Waals surface area contributed by atoms with Crippen LogP contribution in [0.25, 0.3) is 0 Å². The zero-order valence-corrected chi connectivity index (χ0v) is 25.7. The van der Waals surface area contributed by atoms with Crippen LogP contribution >= 0.6 is 11.6 Å². The summed E-state index contributed by atoms with van der Waals surface area (Å²) in [5.41, 5.74) is 3.80. The van der Waals surface area contributed by atoms with Crippen LogP contribution in [0.1, 0.15) is 75.0 Å². The zero-order valence-electron chi connectivity index (χ0n) is 24.9. The quantitative estimate of drug-likeness (QED) is 0.281. The minimum atomic E-state index is -1.00. The van der Waals surface area contributed by atoms with Gasteiger partial charge in [-0.2, -0.15) is 0 Å². The van der Waals surface area contributed by atoms with E-state index in [1.807, 2.05) is 36.5 Å². The van der Waals surface area contributed by atoms with Crippen molar-refractivity contribution in [2.24, 2.45) is 11.8 Å². The molecular formula is C35H42ClN3O3. The molecule has 0 saturated heterocycles. The molecule has 0 unspecified atom stereocenters. The molecular weight excluding hydrogens is 546 g/mol. The average molecular weight is 588 g/mol. The highest BCUT2D eigenvalue weighted by molar-refractivity contribution is 6.30. The number of carbonyl (C=O) groups is 1. The lowest BCUT2D eigenvalue weighted by molar-refractivity contribution is -0.144. The van der Waals surface area contributed by atoms with Crippen molar-refractivity contribution in [2.75, 3.05) is 30.4 Å². The standard InChI is InChI=1S/C35H42ClN3O3/c1-23(22-42-30-11-17-37-32-31(30)24(2)12-18-39(32)3)19-26-20-25-7-4-5-10-29(25)34(26)13-15-35(16-14-34,33(40)41)38-28-9-6-8-27(36)21-28/h4-11,17,21,23-24,26,38H,12-16,18-20,22H2,1-3H3,(H,40,41)/t23-,24+,26+,34?,35?/m1/s1. The number of nitrogens with zero attached hydrogens (tertiary/aromatic N) is 2. The number of hydrogen-bond acceptors (Lipinski definition) is 5. The van der Waals surface area contributed by atoms with E-state index in [2.05, 4.69) is 60.4 Å². The molecule has 0 radical (unpaired) electrons. The number of aliphatic carboxylic acids is 1. The Kier molecular flexibility index (Phi) is 7.86. The lowest BCUT2D eigenvalue weighted by Gasteiger charge is -2.47. The molecule has 1 aliphatic heterocycles. The number of carboxylic acid groups (broad SMARTS) is 1. The Hall–Kier alpha value is -3.25. The molecule has 0 amide bonds. The van der Waals surface area contributed by atoms with E-state index in [-0.39, 0.29) is 5.41 Å². The number of ether oxygens (including phenoxy) is 1. The van der Waals surface area contributed by atoms with E-state index in [4.69, 9.17) is 16.3 Å². The Bertz CT molecular complexity index is 1450. The summed E-state index contributed by atoms with van der Waals surface area (Å²) in [6.07, 6.45) is 7.86. The molecule has 1 saturated carbocycles. The van der Waals surface area contributed by atoms with E-state index in [0.717, 1.165) is 55.9 Å². The SMILES string of the molecule is C[C@@H](COc1ccnc2c1[C@@H](C)CCN2C)C[C@H]1Cc2ccccc2C12CCC(Nc1cccc(Cl)c1)(C(=O)O)CC2. The van der Waals surface area contributed by atoms with Gasteiger partial charge in [0, 0.05) is 36.1 Å². The molecule has 222 valence electrons. The molecule has 1 aromatic heterocycles. The number of hydrogen-bond donors (Lipinski definition) is 2. The minimum Gasteiger partial charge on any atom is -0.493 e. The first-order valence-electron chi connectivity index (χ1n) is 15.4. The summed E-state index contributed by atoms with van der Waals surface area (Å²) < 4.78 is 6.52. The van der Waals surface area contributed by atoms with Crippen LogP contribution in [0, 0.1) is 11.8 Å². The van der Waals surface area contributed by atoms with Crippen molar-refractivity contribution in [3.8, 4) is 5.75 Å². The number of pyridine rings is 1. The number of halogens is 1. The second-order valence-electron chi connectivity index (χ2n) is 13.0. The van der Waals surface area contributed by atoms with E-state index in [1.165, 1.54) is 16.7 Å². The first kappa shape index (κ1) is 28.9. The van der Waals surface area contributed by atoms with Gasteiger partial charge in [-0.3, -0.25) is 0 Å². The number of rotatable bonds is 8. The molecule has 3 atom stereocenters. The predicted octanol–water partition coefficient (Wildman–Crippen LogP) is 7.70. The lowest BCUT2D eigenvalue weighted by Crippen LogP contribution is -2.53. The monoisotopic (exact) mass is 587 g/mol. The van der Waals surface area contributed by atoms with Crippen LogP contribution in [0.3, 0.4) is 0 Å². The van der Waals surface area contributed by atoms with Gasteiger partial charge in [0.05, 0.1) is 6.61 Å². The summed E-state index contributed by atoms with van der Waals surface area (Å²) >= 11 is 6.22. The van der Waals surface area contributed by atoms with Gasteiger partial charge in [-0.05, 0) is 104 Å². The van der Waals surface area contributed by atoms with Crippen LogP contribution in [0.5, 0.6) is 5.75 Å². The molecule has 0 bridgehead atoms. The molecule has 42 heavy (non-hydrogen) atoms. The maximum absolute atomic E-state index is 12.7. The molecule has 2 heterocycles. The predicted molar refractivity (Wildman–Crippen MR) is 169 cm³/mol. The van der Waals surface area contributed by atoms with Gasteiger partial charge in [-0.25, -0.2) is 9.78 Å². The fourth-order valence-electron chi connectivity index (χ4n) is 7.97. The molecule has 7 heteroatoms. The van der Waals surface area contributed by atoms with Gasteiger partial charge in [0.1, 0.15) is 17.1 Å².